The summed E-state index contributed by atoms with van der Waals surface area (Å²) < 4.78 is 1.26. The summed E-state index contributed by atoms with van der Waals surface area (Å²) in [4.78, 5) is 0. The van der Waals surface area contributed by atoms with E-state index in [9.17, 15) is 0 Å². The fourth-order valence-electron chi connectivity index (χ4n) is 3.57. The molecule has 3 aromatic rings. The largest absolute Gasteiger partial charge is 0.0848 e. The Bertz CT molecular complexity index is 835. The van der Waals surface area contributed by atoms with Gasteiger partial charge in [0.05, 0.1) is 0 Å². The minimum atomic E-state index is -0.205. The molecule has 0 saturated carbocycles. The van der Waals surface area contributed by atoms with Crippen molar-refractivity contribution in [2.24, 2.45) is 0 Å². The molecule has 0 N–H and O–H groups in total. The van der Waals surface area contributed by atoms with Gasteiger partial charge >= 0.3 is 0 Å². The molecular formula is C26H25I. The van der Waals surface area contributed by atoms with E-state index in [0.717, 1.165) is 12.8 Å². The molecule has 0 bridgehead atoms. The van der Waals surface area contributed by atoms with Gasteiger partial charge in [0.15, 0.2) is 0 Å². The van der Waals surface area contributed by atoms with Crippen LogP contribution in [0.4, 0.5) is 0 Å². The van der Waals surface area contributed by atoms with Crippen LogP contribution in [0.3, 0.4) is 0 Å². The van der Waals surface area contributed by atoms with Gasteiger partial charge in [0.2, 0.25) is 0 Å². The average molecular weight is 464 g/mol. The summed E-state index contributed by atoms with van der Waals surface area (Å²) in [6.45, 7) is 2.16. The maximum Gasteiger partial charge on any atom is 0.0485 e. The predicted octanol–water partition coefficient (Wildman–Crippen LogP) is 7.54. The fourth-order valence-corrected chi connectivity index (χ4v) is 3.93. The Hall–Kier alpha value is -2.13. The lowest BCUT2D eigenvalue weighted by Crippen LogP contribution is -2.28. The molecule has 136 valence electrons. The van der Waals surface area contributed by atoms with Crippen molar-refractivity contribution >= 4 is 22.6 Å². The van der Waals surface area contributed by atoms with Crippen LogP contribution in [0.5, 0.6) is 0 Å². The van der Waals surface area contributed by atoms with Crippen molar-refractivity contribution in [3.05, 3.63) is 129 Å². The first-order valence-corrected chi connectivity index (χ1v) is 10.5. The Kier molecular flexibility index (Phi) is 7.05. The molecule has 1 heteroatoms. The third-order valence-corrected chi connectivity index (χ3v) is 5.63. The van der Waals surface area contributed by atoms with E-state index in [4.69, 9.17) is 0 Å². The summed E-state index contributed by atoms with van der Waals surface area (Å²) >= 11 is 2.37. The van der Waals surface area contributed by atoms with Crippen LogP contribution in [0.25, 0.3) is 0 Å². The highest BCUT2D eigenvalue weighted by atomic mass is 127. The highest BCUT2D eigenvalue weighted by Gasteiger charge is 2.34. The Labute approximate surface area is 176 Å². The van der Waals surface area contributed by atoms with E-state index in [1.165, 1.54) is 20.3 Å². The van der Waals surface area contributed by atoms with Crippen LogP contribution in [0.15, 0.2) is 109 Å². The van der Waals surface area contributed by atoms with E-state index < -0.39 is 0 Å². The lowest BCUT2D eigenvalue weighted by Gasteiger charge is -2.35. The number of rotatable bonds is 7. The SMILES string of the molecule is CC/C=C\C=C/CC(c1ccccc1)(c1ccccc1)c1ccc(I)cc1. The highest BCUT2D eigenvalue weighted by Crippen LogP contribution is 2.42. The Morgan fingerprint density at radius 3 is 1.67 bits per heavy atom. The first-order chi connectivity index (χ1) is 13.3. The smallest absolute Gasteiger partial charge is 0.0485 e. The van der Waals surface area contributed by atoms with Crippen molar-refractivity contribution in [2.45, 2.75) is 25.2 Å². The van der Waals surface area contributed by atoms with Crippen LogP contribution in [0, 0.1) is 3.57 Å². The molecule has 0 aliphatic rings. The second-order valence-electron chi connectivity index (χ2n) is 6.61. The molecule has 0 atom stereocenters. The number of allylic oxidation sites excluding steroid dienone is 4. The summed E-state index contributed by atoms with van der Waals surface area (Å²) in [6.07, 6.45) is 10.8. The third-order valence-electron chi connectivity index (χ3n) is 4.91. The summed E-state index contributed by atoms with van der Waals surface area (Å²) in [6, 6.07) is 30.7. The molecule has 0 spiro atoms. The molecule has 0 amide bonds. The van der Waals surface area contributed by atoms with Crippen LogP contribution in [-0.2, 0) is 5.41 Å². The van der Waals surface area contributed by atoms with E-state index >= 15 is 0 Å². The quantitative estimate of drug-likeness (QED) is 0.193. The molecule has 0 saturated heterocycles. The van der Waals surface area contributed by atoms with Crippen LogP contribution in [0.2, 0.25) is 0 Å². The Morgan fingerprint density at radius 2 is 1.15 bits per heavy atom. The molecule has 0 heterocycles. The molecular weight excluding hydrogens is 439 g/mol. The van der Waals surface area contributed by atoms with Crippen molar-refractivity contribution in [2.75, 3.05) is 0 Å². The normalized spacial score (nSPS) is 12.1. The molecule has 3 rings (SSSR count). The molecule has 0 radical (unpaired) electrons. The van der Waals surface area contributed by atoms with Crippen molar-refractivity contribution in [1.29, 1.82) is 0 Å². The number of halogens is 1. The predicted molar refractivity (Wildman–Crippen MR) is 125 cm³/mol. The summed E-state index contributed by atoms with van der Waals surface area (Å²) in [5.74, 6) is 0. The van der Waals surface area contributed by atoms with Gasteiger partial charge in [0.25, 0.3) is 0 Å². The monoisotopic (exact) mass is 464 g/mol. The Balaban J connectivity index is 2.19. The second-order valence-corrected chi connectivity index (χ2v) is 7.86. The molecule has 3 aromatic carbocycles. The van der Waals surface area contributed by atoms with Crippen LogP contribution < -0.4 is 0 Å². The summed E-state index contributed by atoms with van der Waals surface area (Å²) in [5.41, 5.74) is 3.76. The zero-order chi connectivity index (χ0) is 19.0. The van der Waals surface area contributed by atoms with Gasteiger partial charge < -0.3 is 0 Å². The van der Waals surface area contributed by atoms with E-state index in [-0.39, 0.29) is 5.41 Å². The van der Waals surface area contributed by atoms with Crippen molar-refractivity contribution < 1.29 is 0 Å². The van der Waals surface area contributed by atoms with E-state index in [2.05, 4.69) is 139 Å². The molecule has 0 nitrogen and oxygen atoms in total. The van der Waals surface area contributed by atoms with Gasteiger partial charge in [-0.1, -0.05) is 104 Å². The number of benzene rings is 3. The molecule has 0 fully saturated rings. The molecule has 27 heavy (non-hydrogen) atoms. The average Bonchev–Trinajstić information content (AvgIpc) is 2.73. The van der Waals surface area contributed by atoms with Gasteiger partial charge in [0.1, 0.15) is 0 Å². The van der Waals surface area contributed by atoms with Gasteiger partial charge in [-0.2, -0.15) is 0 Å². The lowest BCUT2D eigenvalue weighted by molar-refractivity contribution is 0.627. The Morgan fingerprint density at radius 1 is 0.667 bits per heavy atom. The number of hydrogen-bond acceptors (Lipinski definition) is 0. The minimum Gasteiger partial charge on any atom is -0.0848 e. The van der Waals surface area contributed by atoms with Crippen LogP contribution >= 0.6 is 22.6 Å². The fraction of sp³-hybridized carbons (Fsp3) is 0.154. The zero-order valence-corrected chi connectivity index (χ0v) is 17.8. The van der Waals surface area contributed by atoms with Crippen LogP contribution in [0.1, 0.15) is 36.5 Å². The van der Waals surface area contributed by atoms with E-state index in [1.54, 1.807) is 0 Å². The molecule has 0 aliphatic carbocycles. The van der Waals surface area contributed by atoms with E-state index in [1.807, 2.05) is 0 Å². The third kappa shape index (κ3) is 4.59. The first kappa shape index (κ1) is 19.6. The van der Waals surface area contributed by atoms with Gasteiger partial charge in [-0.3, -0.25) is 0 Å². The molecule has 0 aliphatic heterocycles. The molecule has 0 aromatic heterocycles. The van der Waals surface area contributed by atoms with Crippen molar-refractivity contribution in [3.8, 4) is 0 Å². The summed E-state index contributed by atoms with van der Waals surface area (Å²) in [5, 5.41) is 0. The van der Waals surface area contributed by atoms with Gasteiger partial charge in [-0.15, -0.1) is 0 Å². The summed E-state index contributed by atoms with van der Waals surface area (Å²) in [7, 11) is 0. The first-order valence-electron chi connectivity index (χ1n) is 9.46. The lowest BCUT2D eigenvalue weighted by atomic mass is 9.67. The van der Waals surface area contributed by atoms with Gasteiger partial charge in [0, 0.05) is 8.99 Å². The van der Waals surface area contributed by atoms with Crippen molar-refractivity contribution in [1.82, 2.24) is 0 Å². The maximum atomic E-state index is 2.37. The minimum absolute atomic E-state index is 0.205. The van der Waals surface area contributed by atoms with Gasteiger partial charge in [-0.05, 0) is 64.3 Å². The standard InChI is InChI=1S/C26H25I/c1-2-3-4-5-12-21-26(22-13-8-6-9-14-22,23-15-10-7-11-16-23)24-17-19-25(27)20-18-24/h3-20H,2,21H2,1H3/b4-3-,12-5-. The zero-order valence-electron chi connectivity index (χ0n) is 15.7. The van der Waals surface area contributed by atoms with Crippen molar-refractivity contribution in [3.63, 3.8) is 0 Å². The van der Waals surface area contributed by atoms with Gasteiger partial charge in [-0.25, -0.2) is 0 Å². The number of hydrogen-bond donors (Lipinski definition) is 0. The topological polar surface area (TPSA) is 0 Å². The second kappa shape index (κ2) is 9.70. The van der Waals surface area contributed by atoms with E-state index in [0.29, 0.717) is 0 Å². The van der Waals surface area contributed by atoms with Crippen LogP contribution in [-0.4, -0.2) is 0 Å². The highest BCUT2D eigenvalue weighted by molar-refractivity contribution is 14.1. The molecule has 0 unspecified atom stereocenters. The maximum absolute atomic E-state index is 2.37.